The molecule has 0 aromatic carbocycles. The minimum absolute atomic E-state index is 0.500. The summed E-state index contributed by atoms with van der Waals surface area (Å²) in [5, 5.41) is 8.65. The van der Waals surface area contributed by atoms with Crippen molar-refractivity contribution >= 4 is 12.6 Å². The van der Waals surface area contributed by atoms with E-state index < -0.39 is 0 Å². The molecule has 0 unspecified atom stereocenters. The van der Waals surface area contributed by atoms with Crippen LogP contribution in [0.4, 0.5) is 0 Å². The lowest BCUT2D eigenvalue weighted by molar-refractivity contribution is 0.111. The van der Waals surface area contributed by atoms with Gasteiger partial charge >= 0.3 is 0 Å². The first-order chi connectivity index (χ1) is 11.0. The summed E-state index contributed by atoms with van der Waals surface area (Å²) in [6, 6.07) is 0. The van der Waals surface area contributed by atoms with Gasteiger partial charge in [-0.25, -0.2) is 0 Å². The molecule has 7 heteroatoms. The Hall–Kier alpha value is -2.28. The largest absolute Gasteiger partial charge is 0.378 e. The van der Waals surface area contributed by atoms with Crippen molar-refractivity contribution in [2.45, 2.75) is 40.8 Å². The van der Waals surface area contributed by atoms with Crippen LogP contribution in [0.1, 0.15) is 43.5 Å². The SMILES string of the molecule is Cc1nn(CCOCCn2nc(C)c(C=O)c2C)c(C)c1C=O. The Morgan fingerprint density at radius 2 is 1.22 bits per heavy atom. The molecule has 0 aliphatic carbocycles. The Kier molecular flexibility index (Phi) is 5.44. The van der Waals surface area contributed by atoms with Gasteiger partial charge in [-0.3, -0.25) is 19.0 Å². The van der Waals surface area contributed by atoms with Crippen molar-refractivity contribution < 1.29 is 14.3 Å². The summed E-state index contributed by atoms with van der Waals surface area (Å²) in [7, 11) is 0. The smallest absolute Gasteiger partial charge is 0.153 e. The van der Waals surface area contributed by atoms with Crippen LogP contribution in [0.5, 0.6) is 0 Å². The molecule has 0 saturated carbocycles. The molecule has 23 heavy (non-hydrogen) atoms. The number of aldehydes is 2. The summed E-state index contributed by atoms with van der Waals surface area (Å²) >= 11 is 0. The van der Waals surface area contributed by atoms with E-state index in [1.54, 1.807) is 9.36 Å². The third kappa shape index (κ3) is 3.56. The summed E-state index contributed by atoms with van der Waals surface area (Å²) < 4.78 is 9.19. The molecule has 0 N–H and O–H groups in total. The van der Waals surface area contributed by atoms with E-state index in [1.165, 1.54) is 0 Å². The van der Waals surface area contributed by atoms with Gasteiger partial charge in [0.2, 0.25) is 0 Å². The molecule has 0 bridgehead atoms. The molecule has 0 spiro atoms. The topological polar surface area (TPSA) is 79.0 Å². The predicted molar refractivity (Wildman–Crippen MR) is 85.0 cm³/mol. The number of nitrogens with zero attached hydrogens (tertiary/aromatic N) is 4. The molecule has 2 heterocycles. The molecule has 0 saturated heterocycles. The van der Waals surface area contributed by atoms with E-state index in [9.17, 15) is 9.59 Å². The van der Waals surface area contributed by atoms with Crippen molar-refractivity contribution in [3.05, 3.63) is 33.9 Å². The Morgan fingerprint density at radius 3 is 1.52 bits per heavy atom. The molecule has 7 nitrogen and oxygen atoms in total. The minimum Gasteiger partial charge on any atom is -0.378 e. The first-order valence-electron chi connectivity index (χ1n) is 7.55. The highest BCUT2D eigenvalue weighted by molar-refractivity contribution is 5.78. The number of aryl methyl sites for hydroxylation is 2. The van der Waals surface area contributed by atoms with Gasteiger partial charge in [0.05, 0.1) is 48.8 Å². The van der Waals surface area contributed by atoms with Crippen molar-refractivity contribution in [2.75, 3.05) is 13.2 Å². The van der Waals surface area contributed by atoms with Crippen LogP contribution in [0.2, 0.25) is 0 Å². The first kappa shape index (κ1) is 17.1. The third-order valence-electron chi connectivity index (χ3n) is 4.01. The fourth-order valence-corrected chi connectivity index (χ4v) is 2.60. The molecule has 0 radical (unpaired) electrons. The summed E-state index contributed by atoms with van der Waals surface area (Å²) in [5.74, 6) is 0. The van der Waals surface area contributed by atoms with Crippen molar-refractivity contribution in [3.8, 4) is 0 Å². The van der Waals surface area contributed by atoms with Crippen LogP contribution in [0.15, 0.2) is 0 Å². The zero-order chi connectivity index (χ0) is 17.0. The molecule has 0 aliphatic rings. The van der Waals surface area contributed by atoms with Crippen LogP contribution in [-0.2, 0) is 17.8 Å². The second kappa shape index (κ2) is 7.32. The Bertz CT molecular complexity index is 655. The first-order valence-corrected chi connectivity index (χ1v) is 7.55. The number of ether oxygens (including phenoxy) is 1. The molecule has 2 rings (SSSR count). The van der Waals surface area contributed by atoms with Crippen LogP contribution in [0.3, 0.4) is 0 Å². The van der Waals surface area contributed by atoms with Gasteiger partial charge < -0.3 is 4.74 Å². The van der Waals surface area contributed by atoms with E-state index in [0.29, 0.717) is 37.4 Å². The Morgan fingerprint density at radius 1 is 0.826 bits per heavy atom. The average Bonchev–Trinajstić information content (AvgIpc) is 2.94. The van der Waals surface area contributed by atoms with Crippen LogP contribution >= 0.6 is 0 Å². The average molecular weight is 318 g/mol. The van der Waals surface area contributed by atoms with Gasteiger partial charge in [-0.05, 0) is 27.7 Å². The van der Waals surface area contributed by atoms with Crippen LogP contribution in [0.25, 0.3) is 0 Å². The minimum atomic E-state index is 0.500. The zero-order valence-electron chi connectivity index (χ0n) is 14.0. The maximum atomic E-state index is 11.0. The maximum absolute atomic E-state index is 11.0. The Labute approximate surface area is 135 Å². The molecule has 0 amide bonds. The molecule has 124 valence electrons. The van der Waals surface area contributed by atoms with E-state index >= 15 is 0 Å². The standard InChI is InChI=1S/C16H22N4O3/c1-11-15(9-21)13(3)19(17-11)5-7-23-8-6-20-14(4)16(10-22)12(2)18-20/h9-10H,5-8H2,1-4H3. The molecular formula is C16H22N4O3. The second-order valence-corrected chi connectivity index (χ2v) is 5.46. The Balaban J connectivity index is 1.83. The lowest BCUT2D eigenvalue weighted by Gasteiger charge is -2.07. The van der Waals surface area contributed by atoms with Gasteiger partial charge in [0.15, 0.2) is 12.6 Å². The molecular weight excluding hydrogens is 296 g/mol. The van der Waals surface area contributed by atoms with Crippen molar-refractivity contribution in [1.82, 2.24) is 19.6 Å². The fraction of sp³-hybridized carbons (Fsp3) is 0.500. The second-order valence-electron chi connectivity index (χ2n) is 5.46. The number of carbonyl (C=O) groups is 2. The number of aromatic nitrogens is 4. The van der Waals surface area contributed by atoms with Crippen LogP contribution < -0.4 is 0 Å². The van der Waals surface area contributed by atoms with Gasteiger partial charge in [-0.2, -0.15) is 10.2 Å². The molecule has 0 atom stereocenters. The van der Waals surface area contributed by atoms with Gasteiger partial charge in [0.25, 0.3) is 0 Å². The van der Waals surface area contributed by atoms with E-state index in [4.69, 9.17) is 4.74 Å². The molecule has 0 fully saturated rings. The van der Waals surface area contributed by atoms with Crippen LogP contribution in [0, 0.1) is 27.7 Å². The number of hydrogen-bond acceptors (Lipinski definition) is 5. The van der Waals surface area contributed by atoms with Crippen molar-refractivity contribution in [1.29, 1.82) is 0 Å². The van der Waals surface area contributed by atoms with Crippen LogP contribution in [-0.4, -0.2) is 45.3 Å². The summed E-state index contributed by atoms with van der Waals surface area (Å²) in [5.41, 5.74) is 4.48. The van der Waals surface area contributed by atoms with Gasteiger partial charge in [0, 0.05) is 11.4 Å². The monoisotopic (exact) mass is 318 g/mol. The fourth-order valence-electron chi connectivity index (χ4n) is 2.60. The van der Waals surface area contributed by atoms with E-state index in [1.807, 2.05) is 27.7 Å². The van der Waals surface area contributed by atoms with Gasteiger partial charge in [0.1, 0.15) is 0 Å². The lowest BCUT2D eigenvalue weighted by atomic mass is 10.2. The molecule has 2 aromatic rings. The summed E-state index contributed by atoms with van der Waals surface area (Å²) in [6.45, 7) is 9.58. The highest BCUT2D eigenvalue weighted by atomic mass is 16.5. The third-order valence-corrected chi connectivity index (χ3v) is 4.01. The van der Waals surface area contributed by atoms with Crippen molar-refractivity contribution in [3.63, 3.8) is 0 Å². The predicted octanol–water partition coefficient (Wildman–Crippen LogP) is 1.66. The number of hydrogen-bond donors (Lipinski definition) is 0. The summed E-state index contributed by atoms with van der Waals surface area (Å²) in [6.07, 6.45) is 1.67. The van der Waals surface area contributed by atoms with Gasteiger partial charge in [-0.15, -0.1) is 0 Å². The van der Waals surface area contributed by atoms with E-state index in [-0.39, 0.29) is 0 Å². The highest BCUT2D eigenvalue weighted by Crippen LogP contribution is 2.11. The van der Waals surface area contributed by atoms with E-state index in [0.717, 1.165) is 35.3 Å². The molecule has 2 aromatic heterocycles. The van der Waals surface area contributed by atoms with E-state index in [2.05, 4.69) is 10.2 Å². The lowest BCUT2D eigenvalue weighted by Crippen LogP contribution is -2.13. The molecule has 0 aliphatic heterocycles. The summed E-state index contributed by atoms with van der Waals surface area (Å²) in [4.78, 5) is 21.9. The highest BCUT2D eigenvalue weighted by Gasteiger charge is 2.11. The maximum Gasteiger partial charge on any atom is 0.153 e. The normalized spacial score (nSPS) is 11.0. The number of rotatable bonds is 8. The van der Waals surface area contributed by atoms with Crippen molar-refractivity contribution in [2.24, 2.45) is 0 Å². The zero-order valence-corrected chi connectivity index (χ0v) is 14.0. The quantitative estimate of drug-likeness (QED) is 0.546. The number of carbonyl (C=O) groups excluding carboxylic acids is 2. The van der Waals surface area contributed by atoms with Gasteiger partial charge in [-0.1, -0.05) is 0 Å².